The van der Waals surface area contributed by atoms with Crippen LogP contribution in [0.3, 0.4) is 0 Å². The molecule has 2 aromatic rings. The number of aromatic nitrogens is 4. The summed E-state index contributed by atoms with van der Waals surface area (Å²) in [6.45, 7) is 26.3. The fraction of sp³-hybridized carbons (Fsp3) is 0.824. The summed E-state index contributed by atoms with van der Waals surface area (Å²) in [5.74, 6) is -1.69. The molecule has 2 aromatic heterocycles. The molecule has 0 spiro atoms. The van der Waals surface area contributed by atoms with Crippen LogP contribution in [-0.2, 0) is 31.3 Å². The summed E-state index contributed by atoms with van der Waals surface area (Å²) in [7, 11) is -3.65. The molecule has 2 atom stereocenters. The van der Waals surface area contributed by atoms with E-state index in [9.17, 15) is 26.3 Å². The summed E-state index contributed by atoms with van der Waals surface area (Å²) >= 11 is 0. The third-order valence-electron chi connectivity index (χ3n) is 10.2. The fourth-order valence-electron chi connectivity index (χ4n) is 4.77. The molecule has 6 N–H and O–H groups in total. The average molecular weight is 851 g/mol. The van der Waals surface area contributed by atoms with Gasteiger partial charge in [-0.25, -0.2) is 9.59 Å². The van der Waals surface area contributed by atoms with Crippen LogP contribution in [-0.4, -0.2) is 83.6 Å². The van der Waals surface area contributed by atoms with Crippen LogP contribution in [0.5, 0.6) is 0 Å². The fourth-order valence-corrected chi connectivity index (χ4v) is 7.44. The second kappa shape index (κ2) is 19.7. The van der Waals surface area contributed by atoms with Gasteiger partial charge in [-0.1, -0.05) is 41.5 Å². The third kappa shape index (κ3) is 16.9. The highest BCUT2D eigenvalue weighted by Crippen LogP contribution is 2.41. The van der Waals surface area contributed by atoms with Gasteiger partial charge in [0.25, 0.3) is 0 Å². The Morgan fingerprint density at radius 3 is 1.11 bits per heavy atom. The SMILES string of the molecule is C[C@@H](O[Si](C)(C)C(C)(C)C)c1nnc(CC2CC(N)C2)o1.C[C@@H](O[Si](C)(C)C(C)(C)C)c1nnc(CC2CC(N)C2)o1.O=C(O)C(F)(F)F.O=C(O)C(F)(F)F. The molecule has 0 radical (unpaired) electrons. The van der Waals surface area contributed by atoms with Crippen LogP contribution in [0.25, 0.3) is 0 Å². The van der Waals surface area contributed by atoms with Crippen LogP contribution >= 0.6 is 0 Å². The molecule has 4 rings (SSSR count). The largest absolute Gasteiger partial charge is 0.490 e. The smallest absolute Gasteiger partial charge is 0.475 e. The zero-order valence-electron chi connectivity index (χ0n) is 34.3. The second-order valence-electron chi connectivity index (χ2n) is 17.3. The quantitative estimate of drug-likeness (QED) is 0.131. The molecule has 2 fully saturated rings. The van der Waals surface area contributed by atoms with Crippen molar-refractivity contribution in [1.82, 2.24) is 20.4 Å². The van der Waals surface area contributed by atoms with E-state index in [1.807, 2.05) is 13.8 Å². The Labute approximate surface area is 326 Å². The van der Waals surface area contributed by atoms with E-state index in [-0.39, 0.29) is 22.3 Å². The number of halogens is 6. The lowest BCUT2D eigenvalue weighted by Gasteiger charge is -2.37. The molecule has 324 valence electrons. The lowest BCUT2D eigenvalue weighted by atomic mass is 9.79. The van der Waals surface area contributed by atoms with Gasteiger partial charge in [0.1, 0.15) is 12.2 Å². The number of rotatable bonds is 10. The van der Waals surface area contributed by atoms with Crippen LogP contribution in [0.15, 0.2) is 8.83 Å². The van der Waals surface area contributed by atoms with Crippen molar-refractivity contribution in [3.05, 3.63) is 23.6 Å². The number of nitrogens with zero attached hydrogens (tertiary/aromatic N) is 4. The molecule has 0 aliphatic heterocycles. The van der Waals surface area contributed by atoms with E-state index in [0.29, 0.717) is 47.5 Å². The Bertz CT molecular complexity index is 1420. The molecular formula is C34H60F6N6O8Si2. The predicted octanol–water partition coefficient (Wildman–Crippen LogP) is 8.13. The molecule has 2 aliphatic carbocycles. The first-order valence-electron chi connectivity index (χ1n) is 18.2. The first-order chi connectivity index (χ1) is 25.1. The molecule has 0 amide bonds. The van der Waals surface area contributed by atoms with Gasteiger partial charge in [-0.2, -0.15) is 26.3 Å². The minimum Gasteiger partial charge on any atom is -0.475 e. The van der Waals surface area contributed by atoms with Gasteiger partial charge in [0, 0.05) is 24.9 Å². The number of nitrogens with two attached hydrogens (primary N) is 2. The summed E-state index contributed by atoms with van der Waals surface area (Å²) in [6, 6.07) is 0.719. The van der Waals surface area contributed by atoms with E-state index in [2.05, 4.69) is 88.1 Å². The van der Waals surface area contributed by atoms with Crippen molar-refractivity contribution in [3.8, 4) is 0 Å². The number of alkyl halides is 6. The lowest BCUT2D eigenvalue weighted by molar-refractivity contribution is -0.193. The number of carboxylic acids is 2. The van der Waals surface area contributed by atoms with Gasteiger partial charge in [0.15, 0.2) is 16.6 Å². The number of carboxylic acid groups (broad SMARTS) is 2. The molecule has 0 unspecified atom stereocenters. The monoisotopic (exact) mass is 850 g/mol. The Balaban J connectivity index is 0.000000421. The van der Waals surface area contributed by atoms with Gasteiger partial charge in [-0.15, -0.1) is 20.4 Å². The van der Waals surface area contributed by atoms with Crippen molar-refractivity contribution in [2.24, 2.45) is 23.3 Å². The molecule has 14 nitrogen and oxygen atoms in total. The van der Waals surface area contributed by atoms with E-state index in [4.69, 9.17) is 49.0 Å². The van der Waals surface area contributed by atoms with Crippen LogP contribution in [0.4, 0.5) is 26.3 Å². The normalized spacial score (nSPS) is 21.4. The van der Waals surface area contributed by atoms with Crippen LogP contribution in [0.1, 0.15) is 117 Å². The molecule has 0 aromatic carbocycles. The van der Waals surface area contributed by atoms with Crippen LogP contribution in [0, 0.1) is 11.8 Å². The molecule has 2 heterocycles. The van der Waals surface area contributed by atoms with E-state index in [1.54, 1.807) is 0 Å². The average Bonchev–Trinajstić information content (AvgIpc) is 3.64. The molecule has 2 aliphatic rings. The molecule has 56 heavy (non-hydrogen) atoms. The zero-order valence-corrected chi connectivity index (χ0v) is 36.3. The van der Waals surface area contributed by atoms with E-state index in [0.717, 1.165) is 38.5 Å². The Hall–Kier alpha value is -2.93. The number of hydrogen-bond donors (Lipinski definition) is 4. The topological polar surface area (TPSA) is 223 Å². The summed E-state index contributed by atoms with van der Waals surface area (Å²) in [5, 5.41) is 31.2. The van der Waals surface area contributed by atoms with Crippen molar-refractivity contribution >= 4 is 28.6 Å². The standard InChI is InChI=1S/2C15H29N3O2Si.2C2HF3O2/c2*1-10(20-21(5,6)15(2,3)4)14-18-17-13(19-14)9-11-7-12(16)8-11;2*3-2(4,5)1(6)7/h2*10-12H,7-9,16H2,1-6H3;2*(H,6,7)/t2*10-,11?,12?;;/m11../s1. The van der Waals surface area contributed by atoms with Gasteiger partial charge in [0.2, 0.25) is 23.6 Å². The third-order valence-corrected chi connectivity index (χ3v) is 19.3. The molecular weight excluding hydrogens is 791 g/mol. The van der Waals surface area contributed by atoms with Crippen LogP contribution < -0.4 is 11.5 Å². The predicted molar refractivity (Wildman–Crippen MR) is 198 cm³/mol. The summed E-state index contributed by atoms with van der Waals surface area (Å²) in [6.07, 6.45) is -4.52. The van der Waals surface area contributed by atoms with Crippen molar-refractivity contribution in [2.45, 2.75) is 167 Å². The highest BCUT2D eigenvalue weighted by Gasteiger charge is 2.41. The summed E-state index contributed by atoms with van der Waals surface area (Å²) in [5.41, 5.74) is 11.6. The molecule has 0 bridgehead atoms. The van der Waals surface area contributed by atoms with Crippen molar-refractivity contribution < 1.29 is 63.8 Å². The first kappa shape index (κ1) is 51.1. The van der Waals surface area contributed by atoms with E-state index < -0.39 is 40.9 Å². The van der Waals surface area contributed by atoms with Gasteiger partial charge >= 0.3 is 24.3 Å². The second-order valence-corrected chi connectivity index (χ2v) is 26.8. The Kier molecular flexibility index (Phi) is 18.0. The van der Waals surface area contributed by atoms with E-state index >= 15 is 0 Å². The maximum atomic E-state index is 10.6. The van der Waals surface area contributed by atoms with Crippen molar-refractivity contribution in [2.75, 3.05) is 0 Å². The van der Waals surface area contributed by atoms with Gasteiger partial charge in [-0.05, 0) is 87.6 Å². The summed E-state index contributed by atoms with van der Waals surface area (Å²) < 4.78 is 87.6. The lowest BCUT2D eigenvalue weighted by Crippen LogP contribution is -2.41. The summed E-state index contributed by atoms with van der Waals surface area (Å²) in [4.78, 5) is 17.8. The van der Waals surface area contributed by atoms with Crippen LogP contribution in [0.2, 0.25) is 36.3 Å². The van der Waals surface area contributed by atoms with Gasteiger partial charge < -0.3 is 39.4 Å². The zero-order chi connectivity index (χ0) is 43.8. The highest BCUT2D eigenvalue weighted by molar-refractivity contribution is 6.74. The van der Waals surface area contributed by atoms with Gasteiger partial charge in [0.05, 0.1) is 0 Å². The number of carbonyl (C=O) groups is 2. The van der Waals surface area contributed by atoms with Gasteiger partial charge in [-0.3, -0.25) is 0 Å². The Morgan fingerprint density at radius 2 is 0.911 bits per heavy atom. The van der Waals surface area contributed by atoms with E-state index in [1.165, 1.54) is 0 Å². The number of aliphatic carboxylic acids is 2. The maximum Gasteiger partial charge on any atom is 0.490 e. The Morgan fingerprint density at radius 1 is 0.661 bits per heavy atom. The molecule has 22 heteroatoms. The minimum absolute atomic E-state index is 0.143. The molecule has 2 saturated carbocycles. The number of hydrogen-bond acceptors (Lipinski definition) is 12. The highest BCUT2D eigenvalue weighted by atomic mass is 28.4. The molecule has 0 saturated heterocycles. The minimum atomic E-state index is -5.08. The first-order valence-corrected chi connectivity index (χ1v) is 24.0. The van der Waals surface area contributed by atoms with Crippen molar-refractivity contribution in [1.29, 1.82) is 0 Å². The van der Waals surface area contributed by atoms with Crippen molar-refractivity contribution in [3.63, 3.8) is 0 Å². The maximum absolute atomic E-state index is 10.6.